The van der Waals surface area contributed by atoms with Gasteiger partial charge in [0.2, 0.25) is 5.82 Å². The zero-order chi connectivity index (χ0) is 19.1. The number of imidazole rings is 1. The summed E-state index contributed by atoms with van der Waals surface area (Å²) in [6.07, 6.45) is 1.84. The van der Waals surface area contributed by atoms with Crippen LogP contribution in [-0.2, 0) is 17.9 Å². The smallest absolute Gasteiger partial charge is 0.278 e. The van der Waals surface area contributed by atoms with Crippen molar-refractivity contribution >= 4 is 0 Å². The molecule has 0 radical (unpaired) electrons. The van der Waals surface area contributed by atoms with E-state index in [0.29, 0.717) is 30.6 Å². The first-order valence-corrected chi connectivity index (χ1v) is 9.31. The molecule has 0 amide bonds. The van der Waals surface area contributed by atoms with Crippen LogP contribution in [0.15, 0.2) is 59.4 Å². The Morgan fingerprint density at radius 2 is 1.89 bits per heavy atom. The van der Waals surface area contributed by atoms with E-state index in [0.717, 1.165) is 11.3 Å². The topological polar surface area (TPSA) is 66.0 Å². The van der Waals surface area contributed by atoms with Gasteiger partial charge in [-0.05, 0) is 36.6 Å². The van der Waals surface area contributed by atoms with Crippen LogP contribution in [-0.4, -0.2) is 19.7 Å². The summed E-state index contributed by atoms with van der Waals surface area (Å²) in [7, 11) is 0. The molecule has 0 spiro atoms. The highest BCUT2D eigenvalue weighted by Gasteiger charge is 2.26. The molecule has 1 aliphatic rings. The van der Waals surface area contributed by atoms with Crippen LogP contribution in [0, 0.1) is 13.8 Å². The molecule has 0 saturated carbocycles. The second-order valence-electron chi connectivity index (χ2n) is 7.12. The first kappa shape index (κ1) is 16.9. The van der Waals surface area contributed by atoms with Gasteiger partial charge in [-0.1, -0.05) is 47.6 Å². The number of aromatic nitrogens is 4. The lowest BCUT2D eigenvalue weighted by molar-refractivity contribution is 0.00330. The number of hydrogen-bond donors (Lipinski definition) is 0. The Morgan fingerprint density at radius 1 is 1.04 bits per heavy atom. The van der Waals surface area contributed by atoms with Crippen molar-refractivity contribution in [3.63, 3.8) is 0 Å². The maximum absolute atomic E-state index is 6.08. The molecule has 0 fully saturated rings. The van der Waals surface area contributed by atoms with Gasteiger partial charge in [-0.3, -0.25) is 0 Å². The number of aryl methyl sites for hydroxylation is 2. The van der Waals surface area contributed by atoms with Crippen LogP contribution in [0.25, 0.3) is 23.0 Å². The molecule has 0 N–H and O–H groups in total. The summed E-state index contributed by atoms with van der Waals surface area (Å²) >= 11 is 0. The predicted octanol–water partition coefficient (Wildman–Crippen LogP) is 4.49. The normalized spacial score (nSPS) is 16.1. The van der Waals surface area contributed by atoms with E-state index >= 15 is 0 Å². The molecule has 6 heteroatoms. The standard InChI is InChI=1S/C22H20N4O2/c1-14-8-9-17(10-15(14)2)21-24-22(28-25-21)20-18-12-27-19(11-26(18)13-23-20)16-6-4-3-5-7-16/h3-10,13,19H,11-12H2,1-2H3. The van der Waals surface area contributed by atoms with Gasteiger partial charge in [-0.15, -0.1) is 0 Å². The zero-order valence-corrected chi connectivity index (χ0v) is 15.8. The van der Waals surface area contributed by atoms with Gasteiger partial charge in [0, 0.05) is 5.56 Å². The third-order valence-corrected chi connectivity index (χ3v) is 5.30. The molecule has 0 bridgehead atoms. The van der Waals surface area contributed by atoms with E-state index in [9.17, 15) is 0 Å². The van der Waals surface area contributed by atoms with E-state index in [-0.39, 0.29) is 6.10 Å². The van der Waals surface area contributed by atoms with E-state index in [2.05, 4.69) is 57.8 Å². The van der Waals surface area contributed by atoms with Crippen LogP contribution >= 0.6 is 0 Å². The highest BCUT2D eigenvalue weighted by molar-refractivity contribution is 5.60. The van der Waals surface area contributed by atoms with Gasteiger partial charge in [0.25, 0.3) is 5.89 Å². The van der Waals surface area contributed by atoms with Crippen molar-refractivity contribution in [1.29, 1.82) is 0 Å². The predicted molar refractivity (Wildman–Crippen MR) is 104 cm³/mol. The fourth-order valence-corrected chi connectivity index (χ4v) is 3.49. The largest absolute Gasteiger partial charge is 0.365 e. The Kier molecular flexibility index (Phi) is 4.06. The maximum Gasteiger partial charge on any atom is 0.278 e. The van der Waals surface area contributed by atoms with Crippen LogP contribution in [0.5, 0.6) is 0 Å². The summed E-state index contributed by atoms with van der Waals surface area (Å²) < 4.78 is 13.7. The van der Waals surface area contributed by atoms with E-state index < -0.39 is 0 Å². The molecule has 0 aliphatic carbocycles. The minimum Gasteiger partial charge on any atom is -0.365 e. The first-order chi connectivity index (χ1) is 13.7. The molecule has 2 aromatic heterocycles. The monoisotopic (exact) mass is 372 g/mol. The summed E-state index contributed by atoms with van der Waals surface area (Å²) in [6.45, 7) is 5.33. The summed E-state index contributed by atoms with van der Waals surface area (Å²) in [4.78, 5) is 9.09. The van der Waals surface area contributed by atoms with Crippen molar-refractivity contribution < 1.29 is 9.26 Å². The third-order valence-electron chi connectivity index (χ3n) is 5.30. The third kappa shape index (κ3) is 2.92. The molecule has 4 aromatic rings. The minimum atomic E-state index is 0.0181. The van der Waals surface area contributed by atoms with Crippen molar-refractivity contribution in [3.05, 3.63) is 77.2 Å². The van der Waals surface area contributed by atoms with Crippen LogP contribution in [0.2, 0.25) is 0 Å². The fraction of sp³-hybridized carbons (Fsp3) is 0.227. The molecule has 1 atom stereocenters. The molecule has 5 rings (SSSR count). The molecule has 1 unspecified atom stereocenters. The van der Waals surface area contributed by atoms with Crippen molar-refractivity contribution in [3.8, 4) is 23.0 Å². The molecule has 2 aromatic carbocycles. The average Bonchev–Trinajstić information content (AvgIpc) is 3.37. The van der Waals surface area contributed by atoms with Gasteiger partial charge >= 0.3 is 0 Å². The zero-order valence-electron chi connectivity index (χ0n) is 15.8. The number of rotatable bonds is 3. The maximum atomic E-state index is 6.08. The first-order valence-electron chi connectivity index (χ1n) is 9.31. The lowest BCUT2D eigenvalue weighted by Crippen LogP contribution is -2.20. The molecule has 3 heterocycles. The number of ether oxygens (including phenoxy) is 1. The number of hydrogen-bond acceptors (Lipinski definition) is 5. The molecule has 6 nitrogen and oxygen atoms in total. The SMILES string of the molecule is Cc1ccc(-c2noc(-c3ncn4c3COC(c3ccccc3)C4)n2)cc1C. The summed E-state index contributed by atoms with van der Waals surface area (Å²) in [5.41, 5.74) is 6.19. The Morgan fingerprint density at radius 3 is 2.71 bits per heavy atom. The Labute approximate surface area is 162 Å². The average molecular weight is 372 g/mol. The Bertz CT molecular complexity index is 1130. The molecule has 1 aliphatic heterocycles. The van der Waals surface area contributed by atoms with Gasteiger partial charge in [-0.2, -0.15) is 4.98 Å². The van der Waals surface area contributed by atoms with Crippen LogP contribution < -0.4 is 0 Å². The lowest BCUT2D eigenvalue weighted by Gasteiger charge is -2.25. The van der Waals surface area contributed by atoms with Gasteiger partial charge in [-0.25, -0.2) is 4.98 Å². The van der Waals surface area contributed by atoms with Gasteiger partial charge in [0.1, 0.15) is 6.10 Å². The quantitative estimate of drug-likeness (QED) is 0.530. The summed E-state index contributed by atoms with van der Waals surface area (Å²) in [6, 6.07) is 16.4. The summed E-state index contributed by atoms with van der Waals surface area (Å²) in [5.74, 6) is 0.988. The molecular formula is C22H20N4O2. The molecule has 0 saturated heterocycles. The highest BCUT2D eigenvalue weighted by Crippen LogP contribution is 2.31. The van der Waals surface area contributed by atoms with Crippen LogP contribution in [0.1, 0.15) is 28.5 Å². The van der Waals surface area contributed by atoms with Crippen molar-refractivity contribution in [1.82, 2.24) is 19.7 Å². The van der Waals surface area contributed by atoms with Crippen LogP contribution in [0.4, 0.5) is 0 Å². The number of fused-ring (bicyclic) bond motifs is 1. The number of nitrogens with zero attached hydrogens (tertiary/aromatic N) is 4. The fourth-order valence-electron chi connectivity index (χ4n) is 3.49. The highest BCUT2D eigenvalue weighted by atomic mass is 16.5. The van der Waals surface area contributed by atoms with E-state index in [1.165, 1.54) is 16.7 Å². The van der Waals surface area contributed by atoms with Crippen molar-refractivity contribution in [2.24, 2.45) is 0 Å². The van der Waals surface area contributed by atoms with Gasteiger partial charge in [0.15, 0.2) is 5.69 Å². The van der Waals surface area contributed by atoms with Crippen LogP contribution in [0.3, 0.4) is 0 Å². The van der Waals surface area contributed by atoms with Crippen molar-refractivity contribution in [2.75, 3.05) is 0 Å². The Hall–Kier alpha value is -3.25. The van der Waals surface area contributed by atoms with E-state index in [1.807, 2.05) is 30.6 Å². The second kappa shape index (κ2) is 6.73. The molecule has 28 heavy (non-hydrogen) atoms. The molecule has 140 valence electrons. The minimum absolute atomic E-state index is 0.0181. The Balaban J connectivity index is 1.43. The number of benzene rings is 2. The summed E-state index contributed by atoms with van der Waals surface area (Å²) in [5, 5.41) is 4.15. The molecular weight excluding hydrogens is 352 g/mol. The van der Waals surface area contributed by atoms with Crippen molar-refractivity contribution in [2.45, 2.75) is 33.1 Å². The van der Waals surface area contributed by atoms with Gasteiger partial charge < -0.3 is 13.8 Å². The van der Waals surface area contributed by atoms with E-state index in [4.69, 9.17) is 9.26 Å². The lowest BCUT2D eigenvalue weighted by atomic mass is 10.1. The second-order valence-corrected chi connectivity index (χ2v) is 7.12. The van der Waals surface area contributed by atoms with E-state index in [1.54, 1.807) is 0 Å². The van der Waals surface area contributed by atoms with Gasteiger partial charge in [0.05, 0.1) is 25.2 Å².